The summed E-state index contributed by atoms with van der Waals surface area (Å²) >= 11 is 14.9. The van der Waals surface area contributed by atoms with Crippen molar-refractivity contribution in [2.45, 2.75) is 31.2 Å². The molecule has 0 spiro atoms. The van der Waals surface area contributed by atoms with Crippen molar-refractivity contribution in [1.82, 2.24) is 4.72 Å². The Hall–Kier alpha value is 0.190. The van der Waals surface area contributed by atoms with Crippen molar-refractivity contribution in [2.75, 3.05) is 5.88 Å². The Morgan fingerprint density at radius 2 is 2.00 bits per heavy atom. The fourth-order valence-electron chi connectivity index (χ4n) is 1.60. The quantitative estimate of drug-likeness (QED) is 0.747. The van der Waals surface area contributed by atoms with Gasteiger partial charge >= 0.3 is 0 Å². The van der Waals surface area contributed by atoms with Crippen LogP contribution in [0.25, 0.3) is 0 Å². The van der Waals surface area contributed by atoms with Crippen molar-refractivity contribution in [1.29, 1.82) is 0 Å². The van der Waals surface area contributed by atoms with Crippen LogP contribution in [0.3, 0.4) is 0 Å². The third kappa shape index (κ3) is 4.90. The van der Waals surface area contributed by atoms with Crippen molar-refractivity contribution in [3.05, 3.63) is 27.7 Å². The Morgan fingerprint density at radius 1 is 1.37 bits per heavy atom. The third-order valence-corrected chi connectivity index (χ3v) is 5.40. The Labute approximate surface area is 132 Å². The van der Waals surface area contributed by atoms with E-state index in [1.165, 1.54) is 6.07 Å². The van der Waals surface area contributed by atoms with E-state index in [0.29, 0.717) is 12.3 Å². The molecule has 19 heavy (non-hydrogen) atoms. The lowest BCUT2D eigenvalue weighted by Crippen LogP contribution is -2.38. The predicted molar refractivity (Wildman–Crippen MR) is 83.4 cm³/mol. The van der Waals surface area contributed by atoms with E-state index in [1.54, 1.807) is 12.1 Å². The standard InChI is InChI=1S/C12H16BrCl2NO2S/c1-8(2)11(5-6-14)16-19(17,18)12-4-3-9(13)7-10(12)15/h3-4,7-8,11,16H,5-6H2,1-2H3. The average molecular weight is 389 g/mol. The minimum Gasteiger partial charge on any atom is -0.208 e. The van der Waals surface area contributed by atoms with Crippen LogP contribution in [0.15, 0.2) is 27.6 Å². The molecule has 0 aliphatic heterocycles. The van der Waals surface area contributed by atoms with Gasteiger partial charge in [-0.25, -0.2) is 13.1 Å². The van der Waals surface area contributed by atoms with Gasteiger partial charge < -0.3 is 0 Å². The topological polar surface area (TPSA) is 46.2 Å². The fraction of sp³-hybridized carbons (Fsp3) is 0.500. The number of hydrogen-bond acceptors (Lipinski definition) is 2. The normalized spacial score (nSPS) is 13.8. The first kappa shape index (κ1) is 17.2. The van der Waals surface area contributed by atoms with Crippen LogP contribution < -0.4 is 4.72 Å². The van der Waals surface area contributed by atoms with Crippen molar-refractivity contribution in [2.24, 2.45) is 5.92 Å². The highest BCUT2D eigenvalue weighted by atomic mass is 79.9. The van der Waals surface area contributed by atoms with Gasteiger partial charge in [-0.3, -0.25) is 0 Å². The zero-order valence-corrected chi connectivity index (χ0v) is 14.6. The van der Waals surface area contributed by atoms with E-state index in [0.717, 1.165) is 4.47 Å². The van der Waals surface area contributed by atoms with Crippen molar-refractivity contribution in [3.63, 3.8) is 0 Å². The van der Waals surface area contributed by atoms with E-state index in [1.807, 2.05) is 13.8 Å². The van der Waals surface area contributed by atoms with Crippen LogP contribution in [-0.2, 0) is 10.0 Å². The van der Waals surface area contributed by atoms with E-state index < -0.39 is 10.0 Å². The number of nitrogens with one attached hydrogen (secondary N) is 1. The van der Waals surface area contributed by atoms with Crippen LogP contribution in [0.4, 0.5) is 0 Å². The zero-order valence-electron chi connectivity index (χ0n) is 10.7. The van der Waals surface area contributed by atoms with Crippen molar-refractivity contribution < 1.29 is 8.42 Å². The molecular formula is C12H16BrCl2NO2S. The second kappa shape index (κ2) is 7.27. The summed E-state index contributed by atoms with van der Waals surface area (Å²) in [5, 5.41) is 0.190. The summed E-state index contributed by atoms with van der Waals surface area (Å²) in [6.45, 7) is 3.89. The molecule has 0 saturated heterocycles. The molecule has 108 valence electrons. The Balaban J connectivity index is 3.03. The number of rotatable bonds is 6. The summed E-state index contributed by atoms with van der Waals surface area (Å²) in [4.78, 5) is 0.0811. The fourth-order valence-corrected chi connectivity index (χ4v) is 4.29. The van der Waals surface area contributed by atoms with Gasteiger partial charge in [0.25, 0.3) is 0 Å². The van der Waals surface area contributed by atoms with Crippen LogP contribution in [-0.4, -0.2) is 20.3 Å². The summed E-state index contributed by atoms with van der Waals surface area (Å²) in [6, 6.07) is 4.48. The van der Waals surface area contributed by atoms with Crippen molar-refractivity contribution >= 4 is 49.2 Å². The SMILES string of the molecule is CC(C)C(CCCl)NS(=O)(=O)c1ccc(Br)cc1Cl. The molecule has 0 amide bonds. The summed E-state index contributed by atoms with van der Waals surface area (Å²) in [5.41, 5.74) is 0. The molecule has 1 N–H and O–H groups in total. The molecule has 1 unspecified atom stereocenters. The van der Waals surface area contributed by atoms with E-state index in [2.05, 4.69) is 20.7 Å². The van der Waals surface area contributed by atoms with Crippen LogP contribution in [0.1, 0.15) is 20.3 Å². The highest BCUT2D eigenvalue weighted by Gasteiger charge is 2.24. The minimum atomic E-state index is -3.64. The van der Waals surface area contributed by atoms with Gasteiger partial charge in [-0.15, -0.1) is 11.6 Å². The van der Waals surface area contributed by atoms with Gasteiger partial charge in [0.05, 0.1) is 5.02 Å². The maximum absolute atomic E-state index is 12.3. The molecule has 0 aliphatic rings. The molecule has 0 aliphatic carbocycles. The lowest BCUT2D eigenvalue weighted by atomic mass is 10.0. The number of alkyl halides is 1. The second-order valence-corrected chi connectivity index (χ2v) is 7.91. The van der Waals surface area contributed by atoms with E-state index in [-0.39, 0.29) is 21.9 Å². The largest absolute Gasteiger partial charge is 0.242 e. The molecule has 0 bridgehead atoms. The number of halogens is 3. The van der Waals surface area contributed by atoms with Gasteiger partial charge in [0, 0.05) is 16.4 Å². The molecule has 0 saturated carbocycles. The van der Waals surface area contributed by atoms with E-state index >= 15 is 0 Å². The maximum atomic E-state index is 12.3. The highest BCUT2D eigenvalue weighted by molar-refractivity contribution is 9.10. The monoisotopic (exact) mass is 387 g/mol. The Kier molecular flexibility index (Phi) is 6.60. The second-order valence-electron chi connectivity index (χ2n) is 4.52. The Bertz CT molecular complexity index is 535. The zero-order chi connectivity index (χ0) is 14.6. The van der Waals surface area contributed by atoms with Crippen molar-refractivity contribution in [3.8, 4) is 0 Å². The molecular weight excluding hydrogens is 373 g/mol. The molecule has 1 aromatic rings. The number of benzene rings is 1. The molecule has 1 aromatic carbocycles. The van der Waals surface area contributed by atoms with Gasteiger partial charge in [-0.1, -0.05) is 41.4 Å². The smallest absolute Gasteiger partial charge is 0.208 e. The lowest BCUT2D eigenvalue weighted by Gasteiger charge is -2.21. The highest BCUT2D eigenvalue weighted by Crippen LogP contribution is 2.26. The van der Waals surface area contributed by atoms with Gasteiger partial charge in [0.1, 0.15) is 4.90 Å². The third-order valence-electron chi connectivity index (χ3n) is 2.71. The van der Waals surface area contributed by atoms with Gasteiger partial charge in [0.2, 0.25) is 10.0 Å². The first-order valence-corrected chi connectivity index (χ1v) is 9.00. The van der Waals surface area contributed by atoms with Gasteiger partial charge in [0.15, 0.2) is 0 Å². The molecule has 0 aromatic heterocycles. The molecule has 1 atom stereocenters. The summed E-state index contributed by atoms with van der Waals surface area (Å²) in [6.07, 6.45) is 0.576. The first-order chi connectivity index (χ1) is 8.77. The summed E-state index contributed by atoms with van der Waals surface area (Å²) in [7, 11) is -3.64. The molecule has 0 heterocycles. The Morgan fingerprint density at radius 3 is 2.47 bits per heavy atom. The average Bonchev–Trinajstić information content (AvgIpc) is 2.27. The molecule has 7 heteroatoms. The molecule has 0 fully saturated rings. The molecule has 0 radical (unpaired) electrons. The summed E-state index contributed by atoms with van der Waals surface area (Å²) < 4.78 is 28.0. The van der Waals surface area contributed by atoms with E-state index in [9.17, 15) is 8.42 Å². The first-order valence-electron chi connectivity index (χ1n) is 5.81. The lowest BCUT2D eigenvalue weighted by molar-refractivity contribution is 0.439. The number of hydrogen-bond donors (Lipinski definition) is 1. The van der Waals surface area contributed by atoms with Crippen LogP contribution in [0.2, 0.25) is 5.02 Å². The van der Waals surface area contributed by atoms with Gasteiger partial charge in [-0.05, 0) is 30.5 Å². The molecule has 3 nitrogen and oxygen atoms in total. The maximum Gasteiger partial charge on any atom is 0.242 e. The van der Waals surface area contributed by atoms with Crippen LogP contribution >= 0.6 is 39.1 Å². The van der Waals surface area contributed by atoms with Crippen LogP contribution in [0.5, 0.6) is 0 Å². The van der Waals surface area contributed by atoms with Crippen LogP contribution in [0, 0.1) is 5.92 Å². The number of sulfonamides is 1. The van der Waals surface area contributed by atoms with E-state index in [4.69, 9.17) is 23.2 Å². The molecule has 1 rings (SSSR count). The summed E-state index contributed by atoms with van der Waals surface area (Å²) in [5.74, 6) is 0.558. The minimum absolute atomic E-state index is 0.0811. The predicted octanol–water partition coefficient (Wildman–Crippen LogP) is 4.03. The van der Waals surface area contributed by atoms with Gasteiger partial charge in [-0.2, -0.15) is 0 Å².